The highest BCUT2D eigenvalue weighted by molar-refractivity contribution is 6.00. The summed E-state index contributed by atoms with van der Waals surface area (Å²) in [5.41, 5.74) is 6.38. The molecule has 0 saturated heterocycles. The molecule has 31 heavy (non-hydrogen) atoms. The van der Waals surface area contributed by atoms with Gasteiger partial charge in [0.05, 0.1) is 11.9 Å². The maximum atomic E-state index is 12.9. The van der Waals surface area contributed by atoms with Crippen LogP contribution < -0.4 is 0 Å². The first-order valence-electron chi connectivity index (χ1n) is 11.5. The number of benzene rings is 1. The van der Waals surface area contributed by atoms with E-state index in [4.69, 9.17) is 4.98 Å². The number of nitrogens with zero attached hydrogens (tertiary/aromatic N) is 4. The number of amides is 1. The van der Waals surface area contributed by atoms with Gasteiger partial charge in [-0.25, -0.2) is 0 Å². The molecule has 0 atom stereocenters. The predicted molar refractivity (Wildman–Crippen MR) is 120 cm³/mol. The van der Waals surface area contributed by atoms with Gasteiger partial charge >= 0.3 is 0 Å². The van der Waals surface area contributed by atoms with Crippen molar-refractivity contribution in [2.24, 2.45) is 5.41 Å². The molecule has 3 aliphatic rings. The molecule has 2 fully saturated rings. The number of rotatable bonds is 5. The third kappa shape index (κ3) is 3.36. The molecule has 1 amide bonds. The lowest BCUT2D eigenvalue weighted by atomic mass is 9.89. The lowest BCUT2D eigenvalue weighted by molar-refractivity contribution is 0.0766. The van der Waals surface area contributed by atoms with Crippen LogP contribution in [0.5, 0.6) is 0 Å². The van der Waals surface area contributed by atoms with Crippen molar-refractivity contribution in [2.75, 3.05) is 0 Å². The summed E-state index contributed by atoms with van der Waals surface area (Å²) in [5.74, 6) is 0.175. The molecule has 6 rings (SSSR count). The van der Waals surface area contributed by atoms with E-state index in [1.165, 1.54) is 25.7 Å². The average Bonchev–Trinajstić information content (AvgIpc) is 3.22. The van der Waals surface area contributed by atoms with Gasteiger partial charge in [0, 0.05) is 53.8 Å². The van der Waals surface area contributed by atoms with Crippen LogP contribution in [-0.4, -0.2) is 31.6 Å². The van der Waals surface area contributed by atoms with Crippen molar-refractivity contribution in [1.82, 2.24) is 19.7 Å². The molecule has 1 aliphatic heterocycles. The smallest absolute Gasteiger partial charge is 0.254 e. The Balaban J connectivity index is 1.32. The molecule has 0 radical (unpaired) electrons. The van der Waals surface area contributed by atoms with Crippen LogP contribution in [0, 0.1) is 5.41 Å². The van der Waals surface area contributed by atoms with Crippen molar-refractivity contribution in [3.8, 4) is 22.4 Å². The SMILES string of the molecule is CC1(Cn2cc(-c3cccnc3-c3ccc4c(c3)C(=O)N(C3CC3)C4)cn2)CCCC1. The van der Waals surface area contributed by atoms with E-state index in [0.717, 1.165) is 59.4 Å². The van der Waals surface area contributed by atoms with Gasteiger partial charge in [-0.2, -0.15) is 5.10 Å². The van der Waals surface area contributed by atoms with Crippen LogP contribution in [0.3, 0.4) is 0 Å². The fourth-order valence-electron chi connectivity index (χ4n) is 5.39. The summed E-state index contributed by atoms with van der Waals surface area (Å²) in [4.78, 5) is 19.6. The highest BCUT2D eigenvalue weighted by atomic mass is 16.2. The molecular weight excluding hydrogens is 384 g/mol. The van der Waals surface area contributed by atoms with E-state index in [2.05, 4.69) is 41.1 Å². The van der Waals surface area contributed by atoms with Gasteiger partial charge in [-0.3, -0.25) is 14.5 Å². The number of carbonyl (C=O) groups excluding carboxylic acids is 1. The van der Waals surface area contributed by atoms with E-state index in [1.54, 1.807) is 0 Å². The summed E-state index contributed by atoms with van der Waals surface area (Å²) >= 11 is 0. The van der Waals surface area contributed by atoms with Crippen molar-refractivity contribution in [1.29, 1.82) is 0 Å². The van der Waals surface area contributed by atoms with Crippen LogP contribution in [0.15, 0.2) is 48.9 Å². The van der Waals surface area contributed by atoms with Crippen molar-refractivity contribution in [2.45, 2.75) is 64.6 Å². The summed E-state index contributed by atoms with van der Waals surface area (Å²) in [6.07, 6.45) is 13.4. The largest absolute Gasteiger partial charge is 0.331 e. The Morgan fingerprint density at radius 2 is 1.94 bits per heavy atom. The molecule has 3 aromatic rings. The quantitative estimate of drug-likeness (QED) is 0.571. The second-order valence-corrected chi connectivity index (χ2v) is 9.88. The minimum absolute atomic E-state index is 0.175. The topological polar surface area (TPSA) is 51.0 Å². The maximum absolute atomic E-state index is 12.9. The van der Waals surface area contributed by atoms with Gasteiger partial charge in [0.1, 0.15) is 0 Å². The first-order chi connectivity index (χ1) is 15.1. The van der Waals surface area contributed by atoms with Crippen LogP contribution in [0.25, 0.3) is 22.4 Å². The highest BCUT2D eigenvalue weighted by Crippen LogP contribution is 2.40. The van der Waals surface area contributed by atoms with Gasteiger partial charge in [0.2, 0.25) is 0 Å². The van der Waals surface area contributed by atoms with E-state index in [0.29, 0.717) is 11.5 Å². The first-order valence-corrected chi connectivity index (χ1v) is 11.5. The zero-order chi connectivity index (χ0) is 21.0. The molecule has 158 valence electrons. The van der Waals surface area contributed by atoms with E-state index >= 15 is 0 Å². The molecular formula is C26H28N4O. The van der Waals surface area contributed by atoms with Crippen LogP contribution in [0.1, 0.15) is 61.4 Å². The van der Waals surface area contributed by atoms with Crippen molar-refractivity contribution in [3.05, 3.63) is 60.0 Å². The number of hydrogen-bond donors (Lipinski definition) is 0. The number of hydrogen-bond acceptors (Lipinski definition) is 3. The van der Waals surface area contributed by atoms with Gasteiger partial charge in [-0.1, -0.05) is 38.0 Å². The van der Waals surface area contributed by atoms with Gasteiger partial charge in [0.25, 0.3) is 5.91 Å². The van der Waals surface area contributed by atoms with E-state index in [1.807, 2.05) is 29.4 Å². The molecule has 2 aromatic heterocycles. The third-order valence-corrected chi connectivity index (χ3v) is 7.31. The molecule has 0 spiro atoms. The van der Waals surface area contributed by atoms with Crippen LogP contribution >= 0.6 is 0 Å². The Kier molecular flexibility index (Phi) is 4.27. The second-order valence-electron chi connectivity index (χ2n) is 9.88. The lowest BCUT2D eigenvalue weighted by Crippen LogP contribution is -2.25. The average molecular weight is 413 g/mol. The summed E-state index contributed by atoms with van der Waals surface area (Å²) in [7, 11) is 0. The van der Waals surface area contributed by atoms with Gasteiger partial charge in [-0.15, -0.1) is 0 Å². The van der Waals surface area contributed by atoms with Crippen molar-refractivity contribution < 1.29 is 4.79 Å². The molecule has 0 unspecified atom stereocenters. The summed E-state index contributed by atoms with van der Waals surface area (Å²) in [6, 6.07) is 10.8. The van der Waals surface area contributed by atoms with Crippen LogP contribution in [0.2, 0.25) is 0 Å². The van der Waals surface area contributed by atoms with Gasteiger partial charge in [0.15, 0.2) is 0 Å². The normalized spacial score (nSPS) is 19.8. The number of pyridine rings is 1. The van der Waals surface area contributed by atoms with E-state index in [9.17, 15) is 4.79 Å². The maximum Gasteiger partial charge on any atom is 0.254 e. The van der Waals surface area contributed by atoms with Crippen LogP contribution in [-0.2, 0) is 13.1 Å². The Hall–Kier alpha value is -2.95. The molecule has 5 heteroatoms. The van der Waals surface area contributed by atoms with Gasteiger partial charge < -0.3 is 4.90 Å². The van der Waals surface area contributed by atoms with Gasteiger partial charge in [-0.05, 0) is 48.8 Å². The first kappa shape index (κ1) is 18.8. The zero-order valence-corrected chi connectivity index (χ0v) is 18.1. The Morgan fingerprint density at radius 3 is 2.74 bits per heavy atom. The highest BCUT2D eigenvalue weighted by Gasteiger charge is 2.38. The van der Waals surface area contributed by atoms with Crippen molar-refractivity contribution in [3.63, 3.8) is 0 Å². The van der Waals surface area contributed by atoms with Crippen LogP contribution in [0.4, 0.5) is 0 Å². The molecule has 1 aromatic carbocycles. The summed E-state index contributed by atoms with van der Waals surface area (Å²) < 4.78 is 2.09. The fraction of sp³-hybridized carbons (Fsp3) is 0.423. The van der Waals surface area contributed by atoms with E-state index in [-0.39, 0.29) is 5.91 Å². The summed E-state index contributed by atoms with van der Waals surface area (Å²) in [5, 5.41) is 4.67. The second kappa shape index (κ2) is 7.04. The number of fused-ring (bicyclic) bond motifs is 1. The molecule has 5 nitrogen and oxygen atoms in total. The Labute approximate surface area is 183 Å². The zero-order valence-electron chi connectivity index (χ0n) is 18.1. The fourth-order valence-corrected chi connectivity index (χ4v) is 5.39. The lowest BCUT2D eigenvalue weighted by Gasteiger charge is -2.22. The summed E-state index contributed by atoms with van der Waals surface area (Å²) in [6.45, 7) is 4.09. The van der Waals surface area contributed by atoms with E-state index < -0.39 is 0 Å². The Bertz CT molecular complexity index is 1150. The number of aromatic nitrogens is 3. The Morgan fingerprint density at radius 1 is 1.10 bits per heavy atom. The molecule has 2 aliphatic carbocycles. The minimum atomic E-state index is 0.175. The monoisotopic (exact) mass is 412 g/mol. The van der Waals surface area contributed by atoms with Crippen molar-refractivity contribution >= 4 is 5.91 Å². The minimum Gasteiger partial charge on any atom is -0.331 e. The number of carbonyl (C=O) groups is 1. The molecule has 2 saturated carbocycles. The standard InChI is InChI=1S/C26H28N4O/c1-26(10-2-3-11-26)17-29-15-20(14-28-29)22-5-4-12-27-24(22)18-6-7-19-16-30(21-8-9-21)25(31)23(19)13-18/h4-7,12-15,21H,2-3,8-11,16-17H2,1H3. The molecule has 0 N–H and O–H groups in total. The third-order valence-electron chi connectivity index (χ3n) is 7.31. The molecule has 0 bridgehead atoms. The molecule has 3 heterocycles. The predicted octanol–water partition coefficient (Wildman–Crippen LogP) is 5.31.